The van der Waals surface area contributed by atoms with E-state index in [0.717, 1.165) is 34.3 Å². The van der Waals surface area contributed by atoms with Gasteiger partial charge in [0.2, 0.25) is 0 Å². The molecule has 5 nitrogen and oxygen atoms in total. The van der Waals surface area contributed by atoms with Gasteiger partial charge >= 0.3 is 0 Å². The van der Waals surface area contributed by atoms with Crippen molar-refractivity contribution in [1.82, 2.24) is 4.98 Å². The second-order valence-electron chi connectivity index (χ2n) is 7.72. The highest BCUT2D eigenvalue weighted by Gasteiger charge is 2.09. The van der Waals surface area contributed by atoms with Crippen LogP contribution in [0.4, 0.5) is 5.69 Å². The van der Waals surface area contributed by atoms with Crippen molar-refractivity contribution in [3.63, 3.8) is 0 Å². The molecule has 1 N–H and O–H groups in total. The van der Waals surface area contributed by atoms with Gasteiger partial charge in [0.15, 0.2) is 18.1 Å². The molecule has 3 aromatic carbocycles. The van der Waals surface area contributed by atoms with Crippen molar-refractivity contribution >= 4 is 22.7 Å². The molecule has 4 rings (SSSR count). The van der Waals surface area contributed by atoms with E-state index in [1.54, 1.807) is 0 Å². The number of nitrogens with one attached hydrogen (secondary N) is 1. The quantitative estimate of drug-likeness (QED) is 0.427. The summed E-state index contributed by atoms with van der Waals surface area (Å²) in [6.07, 6.45) is 1.57. The van der Waals surface area contributed by atoms with Crippen molar-refractivity contribution in [2.45, 2.75) is 33.6 Å². The molecule has 0 unspecified atom stereocenters. The lowest BCUT2D eigenvalue weighted by atomic mass is 10.1. The number of anilines is 1. The van der Waals surface area contributed by atoms with Crippen LogP contribution in [-0.4, -0.2) is 17.5 Å². The first-order valence-electron chi connectivity index (χ1n) is 10.5. The maximum Gasteiger partial charge on any atom is 0.262 e. The van der Waals surface area contributed by atoms with Gasteiger partial charge in [0.25, 0.3) is 5.91 Å². The Bertz CT molecular complexity index is 1210. The minimum absolute atomic E-state index is 0.0348. The fraction of sp³-hybridized carbons (Fsp3) is 0.231. The molecule has 0 saturated carbocycles. The largest absolute Gasteiger partial charge is 0.484 e. The number of ether oxygens (including phenoxy) is 1. The van der Waals surface area contributed by atoms with Crippen molar-refractivity contribution in [1.29, 1.82) is 0 Å². The Balaban J connectivity index is 1.33. The van der Waals surface area contributed by atoms with Gasteiger partial charge in [0.1, 0.15) is 11.3 Å². The SMILES string of the molecule is CCc1ccc2oc(Cc3ccc(NC(=O)COc4ccc(C)c(C)c4)cc3)nc2c1. The van der Waals surface area contributed by atoms with Crippen molar-refractivity contribution in [2.75, 3.05) is 11.9 Å². The molecular formula is C26H26N2O3. The molecule has 0 spiro atoms. The van der Waals surface area contributed by atoms with Crippen LogP contribution in [-0.2, 0) is 17.6 Å². The molecule has 5 heteroatoms. The number of aromatic nitrogens is 1. The van der Waals surface area contributed by atoms with Gasteiger partial charge in [-0.1, -0.05) is 31.2 Å². The van der Waals surface area contributed by atoms with Crippen LogP contribution in [0.25, 0.3) is 11.1 Å². The van der Waals surface area contributed by atoms with Crippen LogP contribution in [0.15, 0.2) is 65.1 Å². The first-order valence-corrected chi connectivity index (χ1v) is 10.5. The Kier molecular flexibility index (Phi) is 6.03. The van der Waals surface area contributed by atoms with Crippen LogP contribution >= 0.6 is 0 Å². The summed E-state index contributed by atoms with van der Waals surface area (Å²) in [6.45, 7) is 6.15. The minimum Gasteiger partial charge on any atom is -0.484 e. The molecule has 0 aliphatic rings. The zero-order valence-corrected chi connectivity index (χ0v) is 18.1. The molecule has 158 valence electrons. The average molecular weight is 415 g/mol. The predicted octanol–water partition coefficient (Wildman–Crippen LogP) is 5.62. The molecule has 0 atom stereocenters. The third-order valence-corrected chi connectivity index (χ3v) is 5.35. The van der Waals surface area contributed by atoms with Crippen LogP contribution in [0.2, 0.25) is 0 Å². The number of amides is 1. The number of hydrogen-bond acceptors (Lipinski definition) is 4. The van der Waals surface area contributed by atoms with Gasteiger partial charge in [-0.3, -0.25) is 4.79 Å². The highest BCUT2D eigenvalue weighted by Crippen LogP contribution is 2.21. The van der Waals surface area contributed by atoms with Crippen LogP contribution in [0.1, 0.15) is 35.1 Å². The lowest BCUT2D eigenvalue weighted by Gasteiger charge is -2.09. The number of rotatable bonds is 7. The molecule has 0 radical (unpaired) electrons. The highest BCUT2D eigenvalue weighted by atomic mass is 16.5. The molecule has 1 amide bonds. The monoisotopic (exact) mass is 414 g/mol. The Morgan fingerprint density at radius 3 is 2.48 bits per heavy atom. The van der Waals surface area contributed by atoms with E-state index < -0.39 is 0 Å². The van der Waals surface area contributed by atoms with E-state index in [2.05, 4.69) is 29.4 Å². The van der Waals surface area contributed by atoms with Crippen LogP contribution in [0, 0.1) is 13.8 Å². The Morgan fingerprint density at radius 2 is 1.74 bits per heavy atom. The van der Waals surface area contributed by atoms with Crippen LogP contribution in [0.3, 0.4) is 0 Å². The first kappa shape index (κ1) is 20.7. The molecule has 31 heavy (non-hydrogen) atoms. The summed E-state index contributed by atoms with van der Waals surface area (Å²) in [6, 6.07) is 19.6. The number of nitrogens with zero attached hydrogens (tertiary/aromatic N) is 1. The van der Waals surface area contributed by atoms with E-state index >= 15 is 0 Å². The summed E-state index contributed by atoms with van der Waals surface area (Å²) < 4.78 is 11.4. The summed E-state index contributed by atoms with van der Waals surface area (Å²) in [5.74, 6) is 1.18. The lowest BCUT2D eigenvalue weighted by Crippen LogP contribution is -2.20. The normalized spacial score (nSPS) is 10.9. The van der Waals surface area contributed by atoms with Crippen molar-refractivity contribution in [3.8, 4) is 5.75 Å². The number of aryl methyl sites for hydroxylation is 3. The number of carbonyl (C=O) groups excluding carboxylic acids is 1. The first-order chi connectivity index (χ1) is 15.0. The number of carbonyl (C=O) groups is 1. The fourth-order valence-corrected chi connectivity index (χ4v) is 3.35. The minimum atomic E-state index is -0.198. The molecule has 0 saturated heterocycles. The van der Waals surface area contributed by atoms with Gasteiger partial charge in [-0.25, -0.2) is 4.98 Å². The number of benzene rings is 3. The van der Waals surface area contributed by atoms with E-state index in [1.165, 1.54) is 11.1 Å². The van der Waals surface area contributed by atoms with Crippen molar-refractivity contribution < 1.29 is 13.9 Å². The van der Waals surface area contributed by atoms with Gasteiger partial charge in [0, 0.05) is 12.1 Å². The number of hydrogen-bond donors (Lipinski definition) is 1. The van der Waals surface area contributed by atoms with Gasteiger partial charge in [-0.2, -0.15) is 0 Å². The number of fused-ring (bicyclic) bond motifs is 1. The van der Waals surface area contributed by atoms with Gasteiger partial charge in [-0.15, -0.1) is 0 Å². The molecule has 0 aliphatic heterocycles. The van der Waals surface area contributed by atoms with E-state index in [-0.39, 0.29) is 12.5 Å². The van der Waals surface area contributed by atoms with Gasteiger partial charge in [-0.05, 0) is 78.9 Å². The molecule has 0 aliphatic carbocycles. The van der Waals surface area contributed by atoms with Gasteiger partial charge < -0.3 is 14.5 Å². The van der Waals surface area contributed by atoms with Gasteiger partial charge in [0.05, 0.1) is 0 Å². The van der Waals surface area contributed by atoms with Crippen molar-refractivity contribution in [2.24, 2.45) is 0 Å². The van der Waals surface area contributed by atoms with E-state index in [4.69, 9.17) is 9.15 Å². The zero-order valence-electron chi connectivity index (χ0n) is 18.1. The summed E-state index contributed by atoms with van der Waals surface area (Å²) in [5.41, 5.74) is 7.06. The molecule has 1 aromatic heterocycles. The Hall–Kier alpha value is -3.60. The number of oxazole rings is 1. The maximum atomic E-state index is 12.2. The standard InChI is InChI=1S/C26H26N2O3/c1-4-19-8-12-24-23(14-19)28-26(31-24)15-20-6-9-21(10-7-20)27-25(29)16-30-22-11-5-17(2)18(3)13-22/h5-14H,4,15-16H2,1-3H3,(H,27,29). The van der Waals surface area contributed by atoms with Crippen molar-refractivity contribution in [3.05, 3.63) is 88.8 Å². The summed E-state index contributed by atoms with van der Waals surface area (Å²) in [5, 5.41) is 2.86. The Labute approximate surface area is 182 Å². The smallest absolute Gasteiger partial charge is 0.262 e. The summed E-state index contributed by atoms with van der Waals surface area (Å²) in [7, 11) is 0. The second kappa shape index (κ2) is 9.04. The zero-order chi connectivity index (χ0) is 21.8. The lowest BCUT2D eigenvalue weighted by molar-refractivity contribution is -0.118. The van der Waals surface area contributed by atoms with E-state index in [0.29, 0.717) is 18.1 Å². The molecule has 1 heterocycles. The summed E-state index contributed by atoms with van der Waals surface area (Å²) in [4.78, 5) is 16.8. The average Bonchev–Trinajstić information content (AvgIpc) is 3.17. The predicted molar refractivity (Wildman–Crippen MR) is 123 cm³/mol. The fourth-order valence-electron chi connectivity index (χ4n) is 3.35. The Morgan fingerprint density at radius 1 is 0.968 bits per heavy atom. The van der Waals surface area contributed by atoms with Crippen LogP contribution in [0.5, 0.6) is 5.75 Å². The topological polar surface area (TPSA) is 64.4 Å². The molecular weight excluding hydrogens is 388 g/mol. The van der Waals surface area contributed by atoms with E-state index in [9.17, 15) is 4.79 Å². The molecule has 0 fully saturated rings. The third-order valence-electron chi connectivity index (χ3n) is 5.35. The maximum absolute atomic E-state index is 12.2. The molecule has 0 bridgehead atoms. The van der Waals surface area contributed by atoms with Crippen LogP contribution < -0.4 is 10.1 Å². The molecule has 4 aromatic rings. The second-order valence-corrected chi connectivity index (χ2v) is 7.72. The van der Waals surface area contributed by atoms with E-state index in [1.807, 2.05) is 62.4 Å². The third kappa shape index (κ3) is 5.12. The summed E-state index contributed by atoms with van der Waals surface area (Å²) >= 11 is 0. The highest BCUT2D eigenvalue weighted by molar-refractivity contribution is 5.91.